The minimum absolute atomic E-state index is 0. The van der Waals surface area contributed by atoms with Crippen LogP contribution in [-0.4, -0.2) is 43.4 Å². The van der Waals surface area contributed by atoms with Crippen molar-refractivity contribution in [1.29, 1.82) is 0 Å². The van der Waals surface area contributed by atoms with E-state index in [4.69, 9.17) is 0 Å². The number of carbonyl (C=O) groups is 1. The summed E-state index contributed by atoms with van der Waals surface area (Å²) in [6.07, 6.45) is 3.60. The molecule has 148 valence electrons. The molecule has 1 aromatic heterocycles. The van der Waals surface area contributed by atoms with Gasteiger partial charge in [0.1, 0.15) is 6.54 Å². The van der Waals surface area contributed by atoms with Crippen LogP contribution in [0.2, 0.25) is 0 Å². The Morgan fingerprint density at radius 2 is 1.96 bits per heavy atom. The minimum atomic E-state index is 0. The molecule has 2 N–H and O–H groups in total. The summed E-state index contributed by atoms with van der Waals surface area (Å²) in [5.74, 6) is 2.19. The lowest BCUT2D eigenvalue weighted by atomic mass is 9.80. The molecule has 1 saturated carbocycles. The van der Waals surface area contributed by atoms with Crippen LogP contribution in [0.3, 0.4) is 0 Å². The number of nitrogens with one attached hydrogen (secondary N) is 2. The maximum absolute atomic E-state index is 11.9. The van der Waals surface area contributed by atoms with Crippen molar-refractivity contribution in [2.45, 2.75) is 52.1 Å². The summed E-state index contributed by atoms with van der Waals surface area (Å²) in [5.41, 5.74) is 0. The Labute approximate surface area is 179 Å². The first-order valence-electron chi connectivity index (χ1n) is 9.16. The van der Waals surface area contributed by atoms with Gasteiger partial charge in [0.2, 0.25) is 5.91 Å². The van der Waals surface area contributed by atoms with E-state index < -0.39 is 0 Å². The average molecular weight is 492 g/mol. The number of likely N-dealkylation sites (N-methyl/N-ethyl adjacent to an activating group) is 1. The van der Waals surface area contributed by atoms with Gasteiger partial charge in [0, 0.05) is 25.0 Å². The molecule has 1 heterocycles. The van der Waals surface area contributed by atoms with Crippen molar-refractivity contribution in [1.82, 2.24) is 15.5 Å². The fraction of sp³-hybridized carbons (Fsp3) is 0.684. The van der Waals surface area contributed by atoms with Crippen molar-refractivity contribution >= 4 is 47.2 Å². The monoisotopic (exact) mass is 492 g/mol. The van der Waals surface area contributed by atoms with Crippen LogP contribution in [0.15, 0.2) is 22.5 Å². The normalized spacial score (nSPS) is 24.3. The first-order chi connectivity index (χ1) is 11.8. The summed E-state index contributed by atoms with van der Waals surface area (Å²) < 4.78 is 0. The van der Waals surface area contributed by atoms with E-state index in [0.717, 1.165) is 30.6 Å². The van der Waals surface area contributed by atoms with Crippen LogP contribution >= 0.6 is 35.3 Å². The lowest BCUT2D eigenvalue weighted by Gasteiger charge is -2.33. The van der Waals surface area contributed by atoms with Gasteiger partial charge < -0.3 is 15.5 Å². The molecule has 0 bridgehead atoms. The molecule has 3 atom stereocenters. The van der Waals surface area contributed by atoms with Gasteiger partial charge in [-0.3, -0.25) is 4.79 Å². The molecule has 26 heavy (non-hydrogen) atoms. The van der Waals surface area contributed by atoms with Crippen LogP contribution < -0.4 is 10.6 Å². The fourth-order valence-electron chi connectivity index (χ4n) is 3.49. The third-order valence-electron chi connectivity index (χ3n) is 4.71. The van der Waals surface area contributed by atoms with E-state index in [9.17, 15) is 4.79 Å². The zero-order chi connectivity index (χ0) is 18.4. The zero-order valence-electron chi connectivity index (χ0n) is 16.5. The van der Waals surface area contributed by atoms with Gasteiger partial charge in [-0.05, 0) is 49.5 Å². The fourth-order valence-corrected chi connectivity index (χ4v) is 4.23. The number of thiophene rings is 1. The molecule has 7 heteroatoms. The Kier molecular flexibility index (Phi) is 9.92. The highest BCUT2D eigenvalue weighted by molar-refractivity contribution is 14.0. The maximum atomic E-state index is 11.9. The van der Waals surface area contributed by atoms with Crippen LogP contribution in [0.25, 0.3) is 0 Å². The molecule has 0 radical (unpaired) electrons. The van der Waals surface area contributed by atoms with Gasteiger partial charge in [-0.15, -0.1) is 35.3 Å². The lowest BCUT2D eigenvalue weighted by molar-refractivity contribution is -0.127. The van der Waals surface area contributed by atoms with E-state index in [2.05, 4.69) is 53.9 Å². The molecule has 1 aromatic rings. The Balaban J connectivity index is 0.00000338. The van der Waals surface area contributed by atoms with Crippen molar-refractivity contribution in [3.63, 3.8) is 0 Å². The molecule has 0 saturated heterocycles. The largest absolute Gasteiger partial charge is 0.354 e. The second kappa shape index (κ2) is 11.1. The number of halogens is 1. The van der Waals surface area contributed by atoms with Gasteiger partial charge >= 0.3 is 0 Å². The van der Waals surface area contributed by atoms with Gasteiger partial charge in [0.25, 0.3) is 0 Å². The first-order valence-corrected chi connectivity index (χ1v) is 10.0. The smallest absolute Gasteiger partial charge is 0.243 e. The quantitative estimate of drug-likeness (QED) is 0.373. The summed E-state index contributed by atoms with van der Waals surface area (Å²) in [7, 11) is 3.52. The van der Waals surface area contributed by atoms with E-state index in [-0.39, 0.29) is 42.5 Å². The van der Waals surface area contributed by atoms with E-state index in [0.29, 0.717) is 6.04 Å². The topological polar surface area (TPSA) is 56.7 Å². The Morgan fingerprint density at radius 3 is 2.50 bits per heavy atom. The molecule has 3 unspecified atom stereocenters. The highest BCUT2D eigenvalue weighted by Crippen LogP contribution is 2.28. The van der Waals surface area contributed by atoms with Gasteiger partial charge in [0.15, 0.2) is 5.96 Å². The van der Waals surface area contributed by atoms with Crippen LogP contribution in [-0.2, 0) is 4.79 Å². The summed E-state index contributed by atoms with van der Waals surface area (Å²) in [4.78, 5) is 19.3. The third kappa shape index (κ3) is 7.42. The number of amides is 1. The highest BCUT2D eigenvalue weighted by Gasteiger charge is 2.25. The van der Waals surface area contributed by atoms with Crippen LogP contribution in [0.5, 0.6) is 0 Å². The molecule has 2 rings (SSSR count). The molecule has 1 amide bonds. The van der Waals surface area contributed by atoms with E-state index >= 15 is 0 Å². The minimum Gasteiger partial charge on any atom is -0.354 e. The maximum Gasteiger partial charge on any atom is 0.243 e. The molecule has 0 aliphatic heterocycles. The molecule has 5 nitrogen and oxygen atoms in total. The van der Waals surface area contributed by atoms with Gasteiger partial charge in [0.05, 0.1) is 6.04 Å². The van der Waals surface area contributed by atoms with Crippen molar-refractivity contribution in [2.24, 2.45) is 16.8 Å². The summed E-state index contributed by atoms with van der Waals surface area (Å²) in [6, 6.07) is 4.76. The molecule has 0 spiro atoms. The van der Waals surface area contributed by atoms with Gasteiger partial charge in [-0.25, -0.2) is 4.99 Å². The summed E-state index contributed by atoms with van der Waals surface area (Å²) in [6.45, 7) is 6.93. The molecular weight excluding hydrogens is 459 g/mol. The Bertz CT molecular complexity index is 566. The molecule has 0 aromatic carbocycles. The van der Waals surface area contributed by atoms with E-state index in [1.54, 1.807) is 30.3 Å². The Morgan fingerprint density at radius 1 is 1.31 bits per heavy atom. The number of carbonyl (C=O) groups excluding carboxylic acids is 1. The SMILES string of the molecule is CC1CC(C)CC(NC(=NCC(=O)N(C)C)NC(C)c2cccs2)C1.I. The van der Waals surface area contributed by atoms with Crippen LogP contribution in [0.4, 0.5) is 0 Å². The molecule has 1 fully saturated rings. The standard InChI is InChI=1S/C19H32N4OS.HI/c1-13-9-14(2)11-16(10-13)22-19(20-12-18(24)23(4)5)21-15(3)17-7-6-8-25-17;/h6-8,13-16H,9-12H2,1-5H3,(H2,20,21,22);1H. The molecule has 1 aliphatic carbocycles. The van der Waals surface area contributed by atoms with E-state index in [1.807, 2.05) is 0 Å². The van der Waals surface area contributed by atoms with Crippen molar-refractivity contribution < 1.29 is 4.79 Å². The number of hydrogen-bond donors (Lipinski definition) is 2. The number of nitrogens with zero attached hydrogens (tertiary/aromatic N) is 2. The molecular formula is C19H33IN4OS. The second-order valence-corrected chi connectivity index (χ2v) is 8.57. The van der Waals surface area contributed by atoms with Crippen LogP contribution in [0, 0.1) is 11.8 Å². The lowest BCUT2D eigenvalue weighted by Crippen LogP contribution is -2.47. The second-order valence-electron chi connectivity index (χ2n) is 7.59. The van der Waals surface area contributed by atoms with Crippen molar-refractivity contribution in [2.75, 3.05) is 20.6 Å². The first kappa shape index (κ1) is 23.2. The number of guanidine groups is 1. The summed E-state index contributed by atoms with van der Waals surface area (Å²) >= 11 is 1.73. The van der Waals surface area contributed by atoms with E-state index in [1.165, 1.54) is 11.3 Å². The zero-order valence-corrected chi connectivity index (χ0v) is 19.6. The predicted octanol–water partition coefficient (Wildman–Crippen LogP) is 3.88. The summed E-state index contributed by atoms with van der Waals surface area (Å²) in [5, 5.41) is 9.13. The van der Waals surface area contributed by atoms with Gasteiger partial charge in [-0.1, -0.05) is 19.9 Å². The highest BCUT2D eigenvalue weighted by atomic mass is 127. The van der Waals surface area contributed by atoms with Crippen molar-refractivity contribution in [3.05, 3.63) is 22.4 Å². The third-order valence-corrected chi connectivity index (χ3v) is 5.77. The number of rotatable bonds is 5. The molecule has 1 aliphatic rings. The average Bonchev–Trinajstić information content (AvgIpc) is 3.05. The van der Waals surface area contributed by atoms with Crippen LogP contribution in [0.1, 0.15) is 51.0 Å². The van der Waals surface area contributed by atoms with Crippen molar-refractivity contribution in [3.8, 4) is 0 Å². The predicted molar refractivity (Wildman–Crippen MR) is 121 cm³/mol. The Hall–Kier alpha value is -0.830. The number of hydrogen-bond acceptors (Lipinski definition) is 3. The van der Waals surface area contributed by atoms with Gasteiger partial charge in [-0.2, -0.15) is 0 Å². The number of aliphatic imine (C=N–C) groups is 1.